The first-order valence-corrected chi connectivity index (χ1v) is 5.23. The molecule has 0 saturated carbocycles. The Morgan fingerprint density at radius 1 is 1.53 bits per heavy atom. The third kappa shape index (κ3) is 1.36. The van der Waals surface area contributed by atoms with Crippen LogP contribution in [0.1, 0.15) is 12.0 Å². The molecule has 1 N–H and O–H groups in total. The Balaban J connectivity index is 1.85. The van der Waals surface area contributed by atoms with Crippen LogP contribution in [0.4, 0.5) is 5.82 Å². The molecule has 4 heteroatoms. The zero-order valence-electron chi connectivity index (χ0n) is 8.35. The van der Waals surface area contributed by atoms with Crippen molar-refractivity contribution in [3.63, 3.8) is 0 Å². The number of fused-ring (bicyclic) bond motifs is 2. The summed E-state index contributed by atoms with van der Waals surface area (Å²) in [5.74, 6) is 1.00. The van der Waals surface area contributed by atoms with E-state index in [-0.39, 0.29) is 0 Å². The van der Waals surface area contributed by atoms with Gasteiger partial charge in [-0.2, -0.15) is 5.26 Å². The number of pyridine rings is 1. The van der Waals surface area contributed by atoms with Crippen molar-refractivity contribution in [3.05, 3.63) is 23.9 Å². The van der Waals surface area contributed by atoms with Crippen molar-refractivity contribution in [3.8, 4) is 6.07 Å². The first-order chi connectivity index (χ1) is 7.36. The van der Waals surface area contributed by atoms with Gasteiger partial charge >= 0.3 is 0 Å². The average Bonchev–Trinajstić information content (AvgIpc) is 2.91. The standard InChI is InChI=1S/C11H12N4/c12-4-8-1-2-11(14-5-8)15-7-9-3-10(15)6-13-9/h1-2,5,9-10,13H,3,6-7H2/t9?,10-/m1/s1. The predicted molar refractivity (Wildman–Crippen MR) is 56.5 cm³/mol. The highest BCUT2D eigenvalue weighted by Gasteiger charge is 2.37. The normalized spacial score (nSPS) is 28.1. The molecule has 3 rings (SSSR count). The summed E-state index contributed by atoms with van der Waals surface area (Å²) in [4.78, 5) is 6.66. The summed E-state index contributed by atoms with van der Waals surface area (Å²) in [6.45, 7) is 2.11. The van der Waals surface area contributed by atoms with Gasteiger partial charge in [0, 0.05) is 31.4 Å². The van der Waals surface area contributed by atoms with Crippen molar-refractivity contribution >= 4 is 5.82 Å². The number of hydrogen-bond acceptors (Lipinski definition) is 4. The summed E-state index contributed by atoms with van der Waals surface area (Å²) in [5, 5.41) is 12.1. The fourth-order valence-electron chi connectivity index (χ4n) is 2.46. The summed E-state index contributed by atoms with van der Waals surface area (Å²) >= 11 is 0. The van der Waals surface area contributed by atoms with Gasteiger partial charge in [0.25, 0.3) is 0 Å². The van der Waals surface area contributed by atoms with Crippen LogP contribution in [-0.4, -0.2) is 30.2 Å². The number of nitrogens with zero attached hydrogens (tertiary/aromatic N) is 3. The molecular formula is C11H12N4. The lowest BCUT2D eigenvalue weighted by atomic mass is 10.2. The Morgan fingerprint density at radius 3 is 3.00 bits per heavy atom. The lowest BCUT2D eigenvalue weighted by Crippen LogP contribution is -2.43. The van der Waals surface area contributed by atoms with Gasteiger partial charge in [-0.25, -0.2) is 4.98 Å². The highest BCUT2D eigenvalue weighted by Crippen LogP contribution is 2.27. The second kappa shape index (κ2) is 3.21. The molecule has 2 aliphatic rings. The highest BCUT2D eigenvalue weighted by molar-refractivity contribution is 5.45. The quantitative estimate of drug-likeness (QED) is 0.717. The van der Waals surface area contributed by atoms with Gasteiger partial charge in [-0.05, 0) is 18.6 Å². The van der Waals surface area contributed by atoms with Crippen molar-refractivity contribution in [1.29, 1.82) is 5.26 Å². The minimum atomic E-state index is 0.593. The number of nitriles is 1. The number of hydrogen-bond donors (Lipinski definition) is 1. The lowest BCUT2D eigenvalue weighted by Gasteiger charge is -2.28. The minimum absolute atomic E-state index is 0.593. The number of aromatic nitrogens is 1. The topological polar surface area (TPSA) is 52.0 Å². The molecule has 15 heavy (non-hydrogen) atoms. The molecule has 0 amide bonds. The maximum absolute atomic E-state index is 8.69. The Bertz CT molecular complexity index is 406. The van der Waals surface area contributed by atoms with Gasteiger partial charge in [-0.3, -0.25) is 0 Å². The van der Waals surface area contributed by atoms with Gasteiger partial charge in [-0.15, -0.1) is 0 Å². The number of nitrogens with one attached hydrogen (secondary N) is 1. The van der Waals surface area contributed by atoms with Crippen molar-refractivity contribution in [2.24, 2.45) is 0 Å². The van der Waals surface area contributed by atoms with Crippen molar-refractivity contribution in [1.82, 2.24) is 10.3 Å². The van der Waals surface area contributed by atoms with Crippen molar-refractivity contribution in [2.45, 2.75) is 18.5 Å². The third-order valence-electron chi connectivity index (χ3n) is 3.23. The second-order valence-electron chi connectivity index (χ2n) is 4.16. The van der Waals surface area contributed by atoms with Crippen LogP contribution in [0.3, 0.4) is 0 Å². The van der Waals surface area contributed by atoms with Gasteiger partial charge in [-0.1, -0.05) is 0 Å². The van der Waals surface area contributed by atoms with Crippen LogP contribution in [-0.2, 0) is 0 Å². The molecule has 2 aliphatic heterocycles. The predicted octanol–water partition coefficient (Wildman–Crippen LogP) is 0.504. The van der Waals surface area contributed by atoms with E-state index in [9.17, 15) is 0 Å². The van der Waals surface area contributed by atoms with Gasteiger partial charge in [0.15, 0.2) is 0 Å². The smallest absolute Gasteiger partial charge is 0.128 e. The molecule has 0 spiro atoms. The molecule has 4 nitrogen and oxygen atoms in total. The molecule has 0 aliphatic carbocycles. The Hall–Kier alpha value is -1.60. The van der Waals surface area contributed by atoms with E-state index in [2.05, 4.69) is 21.3 Å². The molecule has 0 aromatic carbocycles. The zero-order chi connectivity index (χ0) is 10.3. The van der Waals surface area contributed by atoms with Gasteiger partial charge in [0.05, 0.1) is 5.56 Å². The van der Waals surface area contributed by atoms with Crippen LogP contribution in [0.2, 0.25) is 0 Å². The summed E-state index contributed by atoms with van der Waals surface area (Å²) in [5.41, 5.74) is 0.626. The van der Waals surface area contributed by atoms with Crippen molar-refractivity contribution < 1.29 is 0 Å². The van der Waals surface area contributed by atoms with Crippen molar-refractivity contribution in [2.75, 3.05) is 18.0 Å². The first-order valence-electron chi connectivity index (χ1n) is 5.23. The number of anilines is 1. The summed E-state index contributed by atoms with van der Waals surface area (Å²) in [7, 11) is 0. The van der Waals surface area contributed by atoms with Gasteiger partial charge in [0.2, 0.25) is 0 Å². The maximum atomic E-state index is 8.69. The van der Waals surface area contributed by atoms with E-state index in [1.54, 1.807) is 6.20 Å². The first kappa shape index (κ1) is 8.69. The van der Waals surface area contributed by atoms with Crippen LogP contribution in [0.25, 0.3) is 0 Å². The molecule has 2 fully saturated rings. The summed E-state index contributed by atoms with van der Waals surface area (Å²) in [6, 6.07) is 7.09. The largest absolute Gasteiger partial charge is 0.351 e. The van der Waals surface area contributed by atoms with E-state index >= 15 is 0 Å². The lowest BCUT2D eigenvalue weighted by molar-refractivity contribution is 0.576. The minimum Gasteiger partial charge on any atom is -0.351 e. The van der Waals surface area contributed by atoms with Crippen LogP contribution in [0, 0.1) is 11.3 Å². The fraction of sp³-hybridized carbons (Fsp3) is 0.455. The van der Waals surface area contributed by atoms with Gasteiger partial charge < -0.3 is 10.2 Å². The summed E-state index contributed by atoms with van der Waals surface area (Å²) < 4.78 is 0. The molecule has 3 heterocycles. The van der Waals surface area contributed by atoms with Gasteiger partial charge in [0.1, 0.15) is 11.9 Å². The molecule has 2 saturated heterocycles. The molecule has 1 aromatic rings. The van der Waals surface area contributed by atoms with Crippen LogP contribution >= 0.6 is 0 Å². The monoisotopic (exact) mass is 200 g/mol. The molecule has 2 bridgehead atoms. The van der Waals surface area contributed by atoms with E-state index in [1.807, 2.05) is 12.1 Å². The van der Waals surface area contributed by atoms with Crippen LogP contribution in [0.15, 0.2) is 18.3 Å². The fourth-order valence-corrected chi connectivity index (χ4v) is 2.46. The third-order valence-corrected chi connectivity index (χ3v) is 3.23. The van der Waals surface area contributed by atoms with E-state index in [0.717, 1.165) is 18.9 Å². The van der Waals surface area contributed by atoms with E-state index < -0.39 is 0 Å². The average molecular weight is 200 g/mol. The Kier molecular flexibility index (Phi) is 1.86. The molecule has 76 valence electrons. The van der Waals surface area contributed by atoms with E-state index in [1.165, 1.54) is 6.42 Å². The molecule has 1 unspecified atom stereocenters. The Labute approximate surface area is 88.5 Å². The Morgan fingerprint density at radius 2 is 2.47 bits per heavy atom. The van der Waals surface area contributed by atoms with E-state index in [0.29, 0.717) is 17.6 Å². The maximum Gasteiger partial charge on any atom is 0.128 e. The van der Waals surface area contributed by atoms with Crippen LogP contribution < -0.4 is 10.2 Å². The SMILES string of the molecule is N#Cc1ccc(N2CC3C[C@@H]2CN3)nc1. The zero-order valence-corrected chi connectivity index (χ0v) is 8.35. The highest BCUT2D eigenvalue weighted by atomic mass is 15.3. The number of rotatable bonds is 1. The molecule has 0 radical (unpaired) electrons. The number of piperazine rings is 1. The second-order valence-corrected chi connectivity index (χ2v) is 4.16. The molecule has 2 atom stereocenters. The summed E-state index contributed by atoms with van der Waals surface area (Å²) in [6.07, 6.45) is 2.87. The molecular weight excluding hydrogens is 188 g/mol. The van der Waals surface area contributed by atoms with E-state index in [4.69, 9.17) is 5.26 Å². The van der Waals surface area contributed by atoms with Crippen LogP contribution in [0.5, 0.6) is 0 Å². The molecule has 1 aromatic heterocycles.